The SMILES string of the molecule is COc1cc(-c2ccc(F)c(F)c2)c(F)cc1-c1nccc2cc(S(=O)(=O)Cc3nncs3)ccc12. The number of sulfone groups is 1. The van der Waals surface area contributed by atoms with Crippen LogP contribution in [0.3, 0.4) is 0 Å². The van der Waals surface area contributed by atoms with Crippen molar-refractivity contribution in [1.82, 2.24) is 15.2 Å². The Bertz CT molecular complexity index is 1710. The Hall–Kier alpha value is -3.83. The zero-order chi connectivity index (χ0) is 25.4. The zero-order valence-electron chi connectivity index (χ0n) is 18.6. The van der Waals surface area contributed by atoms with E-state index in [1.54, 1.807) is 12.1 Å². The van der Waals surface area contributed by atoms with Crippen molar-refractivity contribution in [3.8, 4) is 28.1 Å². The highest BCUT2D eigenvalue weighted by Crippen LogP contribution is 2.39. The fraction of sp³-hybridized carbons (Fsp3) is 0.0800. The van der Waals surface area contributed by atoms with E-state index in [4.69, 9.17) is 4.74 Å². The lowest BCUT2D eigenvalue weighted by molar-refractivity contribution is 0.415. The maximum Gasteiger partial charge on any atom is 0.184 e. The van der Waals surface area contributed by atoms with Crippen LogP contribution in [0, 0.1) is 17.5 Å². The second-order valence-corrected chi connectivity index (χ2v) is 10.7. The van der Waals surface area contributed by atoms with Crippen LogP contribution in [0.5, 0.6) is 5.75 Å². The van der Waals surface area contributed by atoms with Gasteiger partial charge in [-0.2, -0.15) is 0 Å². The first kappa shape index (κ1) is 23.9. The zero-order valence-corrected chi connectivity index (χ0v) is 20.2. The number of hydrogen-bond acceptors (Lipinski definition) is 7. The molecule has 0 aliphatic carbocycles. The van der Waals surface area contributed by atoms with Crippen molar-refractivity contribution in [2.45, 2.75) is 10.6 Å². The number of benzene rings is 3. The molecular weight excluding hydrogens is 511 g/mol. The highest BCUT2D eigenvalue weighted by Gasteiger charge is 2.21. The molecule has 182 valence electrons. The van der Waals surface area contributed by atoms with Crippen LogP contribution in [0.2, 0.25) is 0 Å². The normalized spacial score (nSPS) is 11.7. The van der Waals surface area contributed by atoms with Gasteiger partial charge in [0.15, 0.2) is 21.5 Å². The van der Waals surface area contributed by atoms with Gasteiger partial charge in [0, 0.05) is 22.7 Å². The number of ether oxygens (including phenoxy) is 1. The summed E-state index contributed by atoms with van der Waals surface area (Å²) >= 11 is 1.15. The van der Waals surface area contributed by atoms with Gasteiger partial charge in [0.2, 0.25) is 0 Å². The van der Waals surface area contributed by atoms with Gasteiger partial charge in [-0.1, -0.05) is 12.1 Å². The number of rotatable bonds is 6. The van der Waals surface area contributed by atoms with Gasteiger partial charge in [-0.3, -0.25) is 4.98 Å². The summed E-state index contributed by atoms with van der Waals surface area (Å²) in [6.07, 6.45) is 1.49. The molecule has 6 nitrogen and oxygen atoms in total. The fourth-order valence-electron chi connectivity index (χ4n) is 3.86. The number of nitrogens with zero attached hydrogens (tertiary/aromatic N) is 3. The first-order valence-electron chi connectivity index (χ1n) is 10.5. The Morgan fingerprint density at radius 2 is 1.75 bits per heavy atom. The number of pyridine rings is 1. The first-order chi connectivity index (χ1) is 17.3. The van der Waals surface area contributed by atoms with Gasteiger partial charge in [0.1, 0.15) is 27.8 Å². The topological polar surface area (TPSA) is 82.0 Å². The number of halogens is 3. The molecule has 0 saturated carbocycles. The molecule has 36 heavy (non-hydrogen) atoms. The van der Waals surface area contributed by atoms with Crippen LogP contribution in [0.1, 0.15) is 5.01 Å². The van der Waals surface area contributed by atoms with E-state index in [2.05, 4.69) is 15.2 Å². The lowest BCUT2D eigenvalue weighted by Gasteiger charge is -2.14. The number of hydrogen-bond donors (Lipinski definition) is 0. The molecule has 0 bridgehead atoms. The first-order valence-corrected chi connectivity index (χ1v) is 13.0. The minimum atomic E-state index is -3.67. The van der Waals surface area contributed by atoms with E-state index >= 15 is 4.39 Å². The molecule has 5 aromatic rings. The summed E-state index contributed by atoms with van der Waals surface area (Å²) in [6.45, 7) is 0. The molecule has 0 fully saturated rings. The predicted molar refractivity (Wildman–Crippen MR) is 130 cm³/mol. The summed E-state index contributed by atoms with van der Waals surface area (Å²) < 4.78 is 73.5. The van der Waals surface area contributed by atoms with Gasteiger partial charge in [0.25, 0.3) is 0 Å². The molecule has 0 atom stereocenters. The third-order valence-corrected chi connectivity index (χ3v) is 8.09. The minimum Gasteiger partial charge on any atom is -0.496 e. The van der Waals surface area contributed by atoms with Crippen molar-refractivity contribution in [3.05, 3.63) is 88.8 Å². The van der Waals surface area contributed by atoms with Crippen LogP contribution in [0.4, 0.5) is 13.2 Å². The molecule has 0 unspecified atom stereocenters. The van der Waals surface area contributed by atoms with Crippen molar-refractivity contribution in [1.29, 1.82) is 0 Å². The lowest BCUT2D eigenvalue weighted by atomic mass is 9.98. The summed E-state index contributed by atoms with van der Waals surface area (Å²) in [7, 11) is -2.27. The molecule has 11 heteroatoms. The molecule has 2 heterocycles. The summed E-state index contributed by atoms with van der Waals surface area (Å²) in [5, 5.41) is 9.00. The second kappa shape index (κ2) is 9.32. The Kier molecular flexibility index (Phi) is 6.19. The standard InChI is InChI=1S/C25H16F3N3O3S2/c1-34-23-11-18(14-2-5-20(26)22(28)9-14)21(27)10-19(23)25-17-4-3-16(8-15(17)6-7-29-25)36(32,33)12-24-31-30-13-35-24/h2-11,13H,12H2,1H3. The Morgan fingerprint density at radius 3 is 2.47 bits per heavy atom. The summed E-state index contributed by atoms with van der Waals surface area (Å²) in [5.74, 6) is -2.84. The Morgan fingerprint density at radius 1 is 0.917 bits per heavy atom. The molecule has 0 spiro atoms. The van der Waals surface area contributed by atoms with Crippen LogP contribution < -0.4 is 4.74 Å². The van der Waals surface area contributed by atoms with E-state index in [1.165, 1.54) is 49.1 Å². The fourth-order valence-corrected chi connectivity index (χ4v) is 6.04. The molecule has 3 aromatic carbocycles. The van der Waals surface area contributed by atoms with Gasteiger partial charge in [0.05, 0.1) is 17.7 Å². The van der Waals surface area contributed by atoms with E-state index < -0.39 is 27.3 Å². The van der Waals surface area contributed by atoms with Crippen molar-refractivity contribution >= 4 is 31.9 Å². The average Bonchev–Trinajstić information content (AvgIpc) is 3.37. The van der Waals surface area contributed by atoms with Gasteiger partial charge in [-0.25, -0.2) is 21.6 Å². The monoisotopic (exact) mass is 527 g/mol. The molecule has 2 aromatic heterocycles. The molecule has 0 aliphatic rings. The quantitative estimate of drug-likeness (QED) is 0.277. The maximum atomic E-state index is 15.2. The summed E-state index contributed by atoms with van der Waals surface area (Å²) in [4.78, 5) is 4.49. The van der Waals surface area contributed by atoms with Gasteiger partial charge in [-0.15, -0.1) is 21.5 Å². The molecule has 0 radical (unpaired) electrons. The predicted octanol–water partition coefficient (Wildman–Crippen LogP) is 5.82. The largest absolute Gasteiger partial charge is 0.496 e. The third-order valence-electron chi connectivity index (χ3n) is 5.59. The smallest absolute Gasteiger partial charge is 0.184 e. The van der Waals surface area contributed by atoms with E-state index in [0.29, 0.717) is 27.0 Å². The number of methoxy groups -OCH3 is 1. The third kappa shape index (κ3) is 4.42. The number of aromatic nitrogens is 3. The second-order valence-electron chi connectivity index (χ2n) is 7.80. The molecule has 0 N–H and O–H groups in total. The molecular formula is C25H16F3N3O3S2. The van der Waals surface area contributed by atoms with Crippen LogP contribution >= 0.6 is 11.3 Å². The van der Waals surface area contributed by atoms with Crippen molar-refractivity contribution in [2.24, 2.45) is 0 Å². The highest BCUT2D eigenvalue weighted by molar-refractivity contribution is 7.90. The van der Waals surface area contributed by atoms with Gasteiger partial charge in [-0.05, 0) is 53.4 Å². The van der Waals surface area contributed by atoms with Crippen LogP contribution in [-0.2, 0) is 15.6 Å². The van der Waals surface area contributed by atoms with Crippen molar-refractivity contribution < 1.29 is 26.3 Å². The molecule has 0 amide bonds. The van der Waals surface area contributed by atoms with Crippen molar-refractivity contribution in [3.63, 3.8) is 0 Å². The Labute approximate surface area is 208 Å². The molecule has 0 saturated heterocycles. The van der Waals surface area contributed by atoms with E-state index in [-0.39, 0.29) is 27.5 Å². The van der Waals surface area contributed by atoms with E-state index in [0.717, 1.165) is 23.5 Å². The van der Waals surface area contributed by atoms with E-state index in [9.17, 15) is 17.2 Å². The molecule has 5 rings (SSSR count). The van der Waals surface area contributed by atoms with Crippen LogP contribution in [-0.4, -0.2) is 30.7 Å². The van der Waals surface area contributed by atoms with Gasteiger partial charge >= 0.3 is 0 Å². The maximum absolute atomic E-state index is 15.2. The lowest BCUT2D eigenvalue weighted by Crippen LogP contribution is -2.05. The minimum absolute atomic E-state index is 0.0276. The average molecular weight is 528 g/mol. The number of fused-ring (bicyclic) bond motifs is 1. The van der Waals surface area contributed by atoms with Crippen LogP contribution in [0.25, 0.3) is 33.2 Å². The Balaban J connectivity index is 1.60. The summed E-state index contributed by atoms with van der Waals surface area (Å²) in [6, 6.07) is 11.9. The highest BCUT2D eigenvalue weighted by atomic mass is 32.2. The summed E-state index contributed by atoms with van der Waals surface area (Å²) in [5.41, 5.74) is 2.32. The van der Waals surface area contributed by atoms with Crippen LogP contribution in [0.15, 0.2) is 71.2 Å². The molecule has 0 aliphatic heterocycles. The van der Waals surface area contributed by atoms with Gasteiger partial charge < -0.3 is 4.74 Å². The van der Waals surface area contributed by atoms with Crippen molar-refractivity contribution in [2.75, 3.05) is 7.11 Å². The van der Waals surface area contributed by atoms with E-state index in [1.807, 2.05) is 0 Å².